The second-order valence-corrected chi connectivity index (χ2v) is 8.64. The number of ether oxygens (including phenoxy) is 3. The van der Waals surface area contributed by atoms with Crippen molar-refractivity contribution < 1.29 is 23.8 Å². The van der Waals surface area contributed by atoms with Crippen molar-refractivity contribution in [3.8, 4) is 11.5 Å². The highest BCUT2D eigenvalue weighted by Crippen LogP contribution is 2.30. The highest BCUT2D eigenvalue weighted by Gasteiger charge is 2.23. The zero-order valence-corrected chi connectivity index (χ0v) is 18.5. The van der Waals surface area contributed by atoms with Gasteiger partial charge in [0.15, 0.2) is 16.7 Å². The number of fused-ring (bicyclic) bond motifs is 1. The Morgan fingerprint density at radius 1 is 1.22 bits per heavy atom. The highest BCUT2D eigenvalue weighted by molar-refractivity contribution is 7.99. The molecular weight excluding hydrogens is 434 g/mol. The Morgan fingerprint density at radius 3 is 2.84 bits per heavy atom. The fraction of sp³-hybridized carbons (Fsp3) is 0.524. The summed E-state index contributed by atoms with van der Waals surface area (Å²) in [4.78, 5) is 23.6. The van der Waals surface area contributed by atoms with E-state index < -0.39 is 0 Å². The molecular formula is C21H27N5O5S. The van der Waals surface area contributed by atoms with Crippen LogP contribution in [0.25, 0.3) is 0 Å². The lowest BCUT2D eigenvalue weighted by Crippen LogP contribution is -2.41. The van der Waals surface area contributed by atoms with Crippen LogP contribution in [0.4, 0.5) is 0 Å². The van der Waals surface area contributed by atoms with Crippen LogP contribution in [-0.4, -0.2) is 64.3 Å². The van der Waals surface area contributed by atoms with Gasteiger partial charge in [-0.1, -0.05) is 23.9 Å². The minimum absolute atomic E-state index is 0.0813. The summed E-state index contributed by atoms with van der Waals surface area (Å²) in [6.07, 6.45) is 2.42. The Hall–Kier alpha value is -2.79. The first-order valence-corrected chi connectivity index (χ1v) is 11.7. The lowest BCUT2D eigenvalue weighted by Gasteiger charge is -2.26. The molecule has 2 aliphatic rings. The Balaban J connectivity index is 1.29. The summed E-state index contributed by atoms with van der Waals surface area (Å²) >= 11 is 1.30. The maximum absolute atomic E-state index is 12.4. The van der Waals surface area contributed by atoms with E-state index in [2.05, 4.69) is 15.5 Å². The van der Waals surface area contributed by atoms with Crippen LogP contribution in [0.1, 0.15) is 25.1 Å². The van der Waals surface area contributed by atoms with E-state index in [1.807, 2.05) is 28.8 Å². The fourth-order valence-corrected chi connectivity index (χ4v) is 4.39. The van der Waals surface area contributed by atoms with Crippen molar-refractivity contribution >= 4 is 23.6 Å². The van der Waals surface area contributed by atoms with Crippen molar-refractivity contribution in [3.63, 3.8) is 0 Å². The molecule has 1 aromatic heterocycles. The van der Waals surface area contributed by atoms with E-state index in [1.54, 1.807) is 0 Å². The van der Waals surface area contributed by atoms with E-state index in [1.165, 1.54) is 11.8 Å². The van der Waals surface area contributed by atoms with Gasteiger partial charge < -0.3 is 29.8 Å². The number of rotatable bonds is 10. The van der Waals surface area contributed by atoms with Crippen molar-refractivity contribution in [3.05, 3.63) is 30.1 Å². The number of benzene rings is 1. The van der Waals surface area contributed by atoms with Gasteiger partial charge in [-0.05, 0) is 25.0 Å². The molecule has 0 spiro atoms. The third-order valence-corrected chi connectivity index (χ3v) is 6.19. The van der Waals surface area contributed by atoms with E-state index in [4.69, 9.17) is 19.9 Å². The highest BCUT2D eigenvalue weighted by atomic mass is 32.2. The predicted molar refractivity (Wildman–Crippen MR) is 117 cm³/mol. The number of nitrogens with zero attached hydrogens (tertiary/aromatic N) is 3. The van der Waals surface area contributed by atoms with E-state index in [9.17, 15) is 9.59 Å². The SMILES string of the molecule is NC(=O)CCc1nnc(SCC(=O)NCC2COc3ccccc3O2)n1CC1CCCO1. The quantitative estimate of drug-likeness (QED) is 0.500. The molecule has 1 saturated heterocycles. The first kappa shape index (κ1) is 22.4. The van der Waals surface area contributed by atoms with Crippen LogP contribution in [0, 0.1) is 0 Å². The number of aromatic nitrogens is 3. The van der Waals surface area contributed by atoms with Crippen molar-refractivity contribution in [1.82, 2.24) is 20.1 Å². The second kappa shape index (κ2) is 10.7. The Labute approximate surface area is 190 Å². The number of thioether (sulfide) groups is 1. The van der Waals surface area contributed by atoms with Crippen LogP contribution in [0.5, 0.6) is 11.5 Å². The Bertz CT molecular complexity index is 946. The summed E-state index contributed by atoms with van der Waals surface area (Å²) in [7, 11) is 0. The third-order valence-electron chi connectivity index (χ3n) is 5.23. The molecule has 2 unspecified atom stereocenters. The zero-order chi connectivity index (χ0) is 22.3. The molecule has 2 amide bonds. The molecule has 2 aliphatic heterocycles. The molecule has 2 atom stereocenters. The van der Waals surface area contributed by atoms with Gasteiger partial charge in [0.2, 0.25) is 11.8 Å². The minimum Gasteiger partial charge on any atom is -0.486 e. The van der Waals surface area contributed by atoms with E-state index in [-0.39, 0.29) is 36.2 Å². The lowest BCUT2D eigenvalue weighted by atomic mass is 10.2. The minimum atomic E-state index is -0.387. The van der Waals surface area contributed by atoms with Gasteiger partial charge in [-0.25, -0.2) is 0 Å². The summed E-state index contributed by atoms with van der Waals surface area (Å²) in [6, 6.07) is 7.46. The lowest BCUT2D eigenvalue weighted by molar-refractivity contribution is -0.119. The van der Waals surface area contributed by atoms with Gasteiger partial charge >= 0.3 is 0 Å². The van der Waals surface area contributed by atoms with Gasteiger partial charge in [-0.2, -0.15) is 0 Å². The molecule has 0 bridgehead atoms. The average molecular weight is 462 g/mol. The van der Waals surface area contributed by atoms with Crippen LogP contribution >= 0.6 is 11.8 Å². The maximum atomic E-state index is 12.4. The van der Waals surface area contributed by atoms with E-state index in [0.717, 1.165) is 19.4 Å². The molecule has 0 saturated carbocycles. The first-order chi connectivity index (χ1) is 15.6. The number of carbonyl (C=O) groups excluding carboxylic acids is 2. The van der Waals surface area contributed by atoms with Gasteiger partial charge in [-0.15, -0.1) is 10.2 Å². The zero-order valence-electron chi connectivity index (χ0n) is 17.7. The average Bonchev–Trinajstić information content (AvgIpc) is 3.45. The first-order valence-electron chi connectivity index (χ1n) is 10.7. The van der Waals surface area contributed by atoms with Gasteiger partial charge in [0.1, 0.15) is 18.5 Å². The van der Waals surface area contributed by atoms with Gasteiger partial charge in [-0.3, -0.25) is 9.59 Å². The normalized spacial score (nSPS) is 19.6. The van der Waals surface area contributed by atoms with Crippen molar-refractivity contribution in [2.75, 3.05) is 25.5 Å². The summed E-state index contributed by atoms with van der Waals surface area (Å²) in [6.45, 7) is 2.06. The number of nitrogens with two attached hydrogens (primary N) is 1. The molecule has 2 aromatic rings. The predicted octanol–water partition coefficient (Wildman–Crippen LogP) is 0.923. The van der Waals surface area contributed by atoms with Gasteiger partial charge in [0.25, 0.3) is 0 Å². The second-order valence-electron chi connectivity index (χ2n) is 7.70. The molecule has 3 N–H and O–H groups in total. The van der Waals surface area contributed by atoms with E-state index >= 15 is 0 Å². The smallest absolute Gasteiger partial charge is 0.230 e. The van der Waals surface area contributed by atoms with Crippen molar-refractivity contribution in [2.45, 2.75) is 49.6 Å². The number of hydrogen-bond donors (Lipinski definition) is 2. The maximum Gasteiger partial charge on any atom is 0.230 e. The van der Waals surface area contributed by atoms with E-state index in [0.29, 0.717) is 48.6 Å². The number of nitrogens with one attached hydrogen (secondary N) is 1. The molecule has 1 aromatic carbocycles. The van der Waals surface area contributed by atoms with Crippen LogP contribution in [0.2, 0.25) is 0 Å². The van der Waals surface area contributed by atoms with Crippen LogP contribution in [0.3, 0.4) is 0 Å². The molecule has 11 heteroatoms. The van der Waals surface area contributed by atoms with Crippen LogP contribution in [0.15, 0.2) is 29.4 Å². The Kier molecular flexibility index (Phi) is 7.48. The topological polar surface area (TPSA) is 131 Å². The van der Waals surface area contributed by atoms with Gasteiger partial charge in [0.05, 0.1) is 24.9 Å². The standard InChI is InChI=1S/C21H27N5O5S/c22-18(27)7-8-19-24-25-21(26(19)11-14-4-3-9-29-14)32-13-20(28)23-10-15-12-30-16-5-1-2-6-17(16)31-15/h1-2,5-6,14-15H,3-4,7-13H2,(H2,22,27)(H,23,28). The number of primary amides is 1. The number of para-hydroxylation sites is 2. The fourth-order valence-electron chi connectivity index (χ4n) is 3.59. The monoisotopic (exact) mass is 461 g/mol. The number of aryl methyl sites for hydroxylation is 1. The molecule has 3 heterocycles. The molecule has 10 nitrogen and oxygen atoms in total. The molecule has 4 rings (SSSR count). The molecule has 0 radical (unpaired) electrons. The summed E-state index contributed by atoms with van der Waals surface area (Å²) in [5.74, 6) is 1.73. The van der Waals surface area contributed by atoms with Crippen molar-refractivity contribution in [2.24, 2.45) is 5.73 Å². The number of hydrogen-bond acceptors (Lipinski definition) is 8. The van der Waals surface area contributed by atoms with Gasteiger partial charge in [0, 0.05) is 19.4 Å². The Morgan fingerprint density at radius 2 is 2.06 bits per heavy atom. The largest absolute Gasteiger partial charge is 0.486 e. The number of carbonyl (C=O) groups is 2. The van der Waals surface area contributed by atoms with Crippen LogP contribution in [-0.2, 0) is 27.3 Å². The molecule has 1 fully saturated rings. The molecule has 172 valence electrons. The molecule has 0 aliphatic carbocycles. The third kappa shape index (κ3) is 5.92. The molecule has 32 heavy (non-hydrogen) atoms. The van der Waals surface area contributed by atoms with Crippen molar-refractivity contribution in [1.29, 1.82) is 0 Å². The summed E-state index contributed by atoms with van der Waals surface area (Å²) in [5, 5.41) is 11.9. The van der Waals surface area contributed by atoms with Crippen LogP contribution < -0.4 is 20.5 Å². The number of amides is 2. The summed E-state index contributed by atoms with van der Waals surface area (Å²) < 4.78 is 19.2. The summed E-state index contributed by atoms with van der Waals surface area (Å²) in [5.41, 5.74) is 5.28.